The maximum Gasteiger partial charge on any atom is 0.329 e. The summed E-state index contributed by atoms with van der Waals surface area (Å²) in [5.41, 5.74) is 0. The first-order valence-electron chi connectivity index (χ1n) is 8.18. The molecule has 1 aliphatic carbocycles. The van der Waals surface area contributed by atoms with Gasteiger partial charge in [0.2, 0.25) is 11.8 Å². The molecule has 0 radical (unpaired) electrons. The number of carbonyl (C=O) groups excluding carboxylic acids is 5. The third-order valence-corrected chi connectivity index (χ3v) is 4.77. The van der Waals surface area contributed by atoms with Crippen molar-refractivity contribution in [3.63, 3.8) is 0 Å². The normalized spacial score (nSPS) is 26.5. The Morgan fingerprint density at radius 1 is 1.20 bits per heavy atom. The van der Waals surface area contributed by atoms with Gasteiger partial charge in [-0.05, 0) is 19.8 Å². The van der Waals surface area contributed by atoms with Crippen LogP contribution in [0, 0.1) is 11.8 Å². The lowest BCUT2D eigenvalue weighted by Crippen LogP contribution is -2.45. The van der Waals surface area contributed by atoms with E-state index in [2.05, 4.69) is 5.32 Å². The van der Waals surface area contributed by atoms with Gasteiger partial charge in [0.15, 0.2) is 6.61 Å². The monoisotopic (exact) mass is 349 g/mol. The van der Waals surface area contributed by atoms with Crippen LogP contribution in [0.3, 0.4) is 0 Å². The molecule has 134 valence electrons. The summed E-state index contributed by atoms with van der Waals surface area (Å²) in [6.45, 7) is 1.35. The summed E-state index contributed by atoms with van der Waals surface area (Å²) in [7, 11) is 0. The summed E-state index contributed by atoms with van der Waals surface area (Å²) in [6.07, 6.45) is 4.68. The van der Waals surface area contributed by atoms with Crippen LogP contribution >= 0.6 is 0 Å². The maximum absolute atomic E-state index is 12.4. The van der Waals surface area contributed by atoms with Gasteiger partial charge in [0, 0.05) is 13.1 Å². The molecule has 0 aromatic carbocycles. The molecule has 2 fully saturated rings. The lowest BCUT2D eigenvalue weighted by Gasteiger charge is -2.22. The molecule has 0 aromatic rings. The van der Waals surface area contributed by atoms with Crippen LogP contribution in [0.2, 0.25) is 0 Å². The molecule has 25 heavy (non-hydrogen) atoms. The fraction of sp³-hybridized carbons (Fsp3) is 0.562. The highest BCUT2D eigenvalue weighted by Gasteiger charge is 2.50. The predicted octanol–water partition coefficient (Wildman–Crippen LogP) is -0.579. The van der Waals surface area contributed by atoms with Crippen molar-refractivity contribution < 1.29 is 28.7 Å². The summed E-state index contributed by atoms with van der Waals surface area (Å²) in [5, 5.41) is 2.47. The van der Waals surface area contributed by atoms with Gasteiger partial charge in [-0.3, -0.25) is 24.2 Å². The summed E-state index contributed by atoms with van der Waals surface area (Å²) in [6, 6.07) is -1.64. The SMILES string of the molecule is C[C@@H](C(=O)OCC(=O)N1CCNC1=O)N1C(=O)[C@H]2CC=CC[C@H]2C1=O. The van der Waals surface area contributed by atoms with E-state index in [4.69, 9.17) is 4.74 Å². The minimum Gasteiger partial charge on any atom is -0.454 e. The molecule has 0 bridgehead atoms. The molecule has 9 heteroatoms. The first-order chi connectivity index (χ1) is 11.9. The molecule has 1 N–H and O–H groups in total. The zero-order valence-electron chi connectivity index (χ0n) is 13.8. The first kappa shape index (κ1) is 17.1. The van der Waals surface area contributed by atoms with E-state index in [0.717, 1.165) is 9.80 Å². The number of ether oxygens (including phenoxy) is 1. The molecule has 2 heterocycles. The van der Waals surface area contributed by atoms with E-state index in [9.17, 15) is 24.0 Å². The van der Waals surface area contributed by atoms with Crippen molar-refractivity contribution in [3.05, 3.63) is 12.2 Å². The van der Waals surface area contributed by atoms with E-state index in [-0.39, 0.29) is 18.4 Å². The Morgan fingerprint density at radius 3 is 2.32 bits per heavy atom. The molecule has 5 amide bonds. The average Bonchev–Trinajstić information content (AvgIpc) is 3.14. The van der Waals surface area contributed by atoms with Crippen molar-refractivity contribution in [3.8, 4) is 0 Å². The Hall–Kier alpha value is -2.71. The fourth-order valence-corrected chi connectivity index (χ4v) is 3.35. The molecule has 2 saturated heterocycles. The fourth-order valence-electron chi connectivity index (χ4n) is 3.35. The van der Waals surface area contributed by atoms with E-state index in [1.165, 1.54) is 6.92 Å². The lowest BCUT2D eigenvalue weighted by molar-refractivity contribution is -0.160. The summed E-state index contributed by atoms with van der Waals surface area (Å²) < 4.78 is 4.92. The van der Waals surface area contributed by atoms with Crippen LogP contribution in [0.15, 0.2) is 12.2 Å². The van der Waals surface area contributed by atoms with Crippen LogP contribution in [0.1, 0.15) is 19.8 Å². The second-order valence-corrected chi connectivity index (χ2v) is 6.26. The molecule has 3 rings (SSSR count). The number of esters is 1. The van der Waals surface area contributed by atoms with E-state index >= 15 is 0 Å². The van der Waals surface area contributed by atoms with Gasteiger partial charge in [-0.2, -0.15) is 0 Å². The van der Waals surface area contributed by atoms with Gasteiger partial charge in [-0.15, -0.1) is 0 Å². The van der Waals surface area contributed by atoms with E-state index in [0.29, 0.717) is 19.4 Å². The topological polar surface area (TPSA) is 113 Å². The van der Waals surface area contributed by atoms with E-state index < -0.39 is 42.4 Å². The number of urea groups is 1. The van der Waals surface area contributed by atoms with Crippen molar-refractivity contribution in [1.29, 1.82) is 0 Å². The minimum atomic E-state index is -1.11. The maximum atomic E-state index is 12.4. The van der Waals surface area contributed by atoms with Crippen LogP contribution in [-0.4, -0.2) is 65.3 Å². The largest absolute Gasteiger partial charge is 0.454 e. The second kappa shape index (κ2) is 6.66. The molecule has 0 aromatic heterocycles. The number of fused-ring (bicyclic) bond motifs is 1. The quantitative estimate of drug-likeness (QED) is 0.413. The number of nitrogens with one attached hydrogen (secondary N) is 1. The van der Waals surface area contributed by atoms with Gasteiger partial charge >= 0.3 is 12.0 Å². The molecule has 0 saturated carbocycles. The van der Waals surface area contributed by atoms with Gasteiger partial charge < -0.3 is 10.1 Å². The van der Waals surface area contributed by atoms with Crippen molar-refractivity contribution >= 4 is 29.7 Å². The van der Waals surface area contributed by atoms with E-state index in [1.54, 1.807) is 0 Å². The molecule has 2 aliphatic heterocycles. The van der Waals surface area contributed by atoms with Crippen LogP contribution in [0.5, 0.6) is 0 Å². The van der Waals surface area contributed by atoms with Crippen molar-refractivity contribution in [2.24, 2.45) is 11.8 Å². The Morgan fingerprint density at radius 2 is 1.80 bits per heavy atom. The number of hydrogen-bond acceptors (Lipinski definition) is 6. The number of nitrogens with zero attached hydrogens (tertiary/aromatic N) is 2. The van der Waals surface area contributed by atoms with Gasteiger partial charge in [0.05, 0.1) is 11.8 Å². The number of amides is 5. The highest BCUT2D eigenvalue weighted by Crippen LogP contribution is 2.36. The number of rotatable bonds is 4. The Balaban J connectivity index is 1.59. The summed E-state index contributed by atoms with van der Waals surface area (Å²) in [5.74, 6) is -3.11. The highest BCUT2D eigenvalue weighted by atomic mass is 16.5. The molecule has 3 atom stereocenters. The van der Waals surface area contributed by atoms with Gasteiger partial charge in [0.25, 0.3) is 5.91 Å². The molecular weight excluding hydrogens is 330 g/mol. The smallest absolute Gasteiger partial charge is 0.329 e. The number of imide groups is 2. The van der Waals surface area contributed by atoms with Crippen LogP contribution < -0.4 is 5.32 Å². The zero-order chi connectivity index (χ0) is 18.1. The zero-order valence-corrected chi connectivity index (χ0v) is 13.8. The number of allylic oxidation sites excluding steroid dienone is 2. The number of carbonyl (C=O) groups is 5. The lowest BCUT2D eigenvalue weighted by atomic mass is 9.85. The Labute approximate surface area is 143 Å². The summed E-state index contributed by atoms with van der Waals surface area (Å²) >= 11 is 0. The van der Waals surface area contributed by atoms with E-state index in [1.807, 2.05) is 12.2 Å². The Bertz CT molecular complexity index is 647. The highest BCUT2D eigenvalue weighted by molar-refractivity contribution is 6.08. The molecule has 3 aliphatic rings. The molecule has 0 spiro atoms. The average molecular weight is 349 g/mol. The second-order valence-electron chi connectivity index (χ2n) is 6.26. The van der Waals surface area contributed by atoms with Crippen molar-refractivity contribution in [2.75, 3.05) is 19.7 Å². The van der Waals surface area contributed by atoms with Crippen LogP contribution in [-0.2, 0) is 23.9 Å². The van der Waals surface area contributed by atoms with Crippen LogP contribution in [0.25, 0.3) is 0 Å². The summed E-state index contributed by atoms with van der Waals surface area (Å²) in [4.78, 5) is 62.2. The third-order valence-electron chi connectivity index (χ3n) is 4.77. The van der Waals surface area contributed by atoms with Crippen molar-refractivity contribution in [1.82, 2.24) is 15.1 Å². The molecule has 9 nitrogen and oxygen atoms in total. The van der Waals surface area contributed by atoms with Crippen LogP contribution in [0.4, 0.5) is 4.79 Å². The van der Waals surface area contributed by atoms with Gasteiger partial charge in [0.1, 0.15) is 6.04 Å². The standard InChI is InChI=1S/C16H19N3O6/c1-9(15(23)25-8-12(20)18-7-6-17-16(18)24)19-13(21)10-4-2-3-5-11(10)14(19)22/h2-3,9-11H,4-8H2,1H3,(H,17,24)/t9-,10-,11+/m0/s1. The first-order valence-corrected chi connectivity index (χ1v) is 8.18. The predicted molar refractivity (Wildman–Crippen MR) is 82.7 cm³/mol. The Kier molecular flexibility index (Phi) is 4.56. The van der Waals surface area contributed by atoms with Gasteiger partial charge in [-0.25, -0.2) is 9.59 Å². The third kappa shape index (κ3) is 3.01. The minimum absolute atomic E-state index is 0.213. The van der Waals surface area contributed by atoms with Gasteiger partial charge in [-0.1, -0.05) is 12.2 Å². The molecule has 0 unspecified atom stereocenters. The molecular formula is C16H19N3O6. The van der Waals surface area contributed by atoms with Crippen molar-refractivity contribution in [2.45, 2.75) is 25.8 Å². The number of likely N-dealkylation sites (tertiary alicyclic amines) is 1. The number of hydrogen-bond donors (Lipinski definition) is 1.